The molecule has 0 fully saturated rings. The summed E-state index contributed by atoms with van der Waals surface area (Å²) in [5, 5.41) is 0. The monoisotopic (exact) mass is 212 g/mol. The summed E-state index contributed by atoms with van der Waals surface area (Å²) in [6, 6.07) is 12.7. The van der Waals surface area contributed by atoms with Gasteiger partial charge in [0.2, 0.25) is 0 Å². The number of nitrogens with zero attached hydrogens (tertiary/aromatic N) is 1. The van der Waals surface area contributed by atoms with Gasteiger partial charge in [-0.1, -0.05) is 24.3 Å². The molecule has 0 bridgehead atoms. The first kappa shape index (κ1) is 10.8. The Hall–Kier alpha value is -1.67. The predicted octanol–water partition coefficient (Wildman–Crippen LogP) is 2.64. The van der Waals surface area contributed by atoms with Crippen LogP contribution in [0.3, 0.4) is 0 Å². The van der Waals surface area contributed by atoms with Crippen LogP contribution < -0.4 is 5.73 Å². The smallest absolute Gasteiger partial charge is 0.0273 e. The Morgan fingerprint density at radius 1 is 1.12 bits per heavy atom. The van der Waals surface area contributed by atoms with E-state index in [4.69, 9.17) is 5.73 Å². The summed E-state index contributed by atoms with van der Waals surface area (Å²) in [5.41, 5.74) is 9.50. The van der Waals surface area contributed by atoms with Crippen LogP contribution in [0.4, 0.5) is 0 Å². The Bertz CT molecular complexity index is 449. The van der Waals surface area contributed by atoms with E-state index in [0.717, 1.165) is 6.42 Å². The lowest BCUT2D eigenvalue weighted by atomic mass is 10.0. The van der Waals surface area contributed by atoms with Gasteiger partial charge in [-0.15, -0.1) is 0 Å². The summed E-state index contributed by atoms with van der Waals surface area (Å²) in [6.07, 6.45) is 4.54. The third-order valence-electron chi connectivity index (χ3n) is 2.50. The Morgan fingerprint density at radius 2 is 1.88 bits per heavy atom. The van der Waals surface area contributed by atoms with Crippen LogP contribution in [0.2, 0.25) is 0 Å². The van der Waals surface area contributed by atoms with Crippen LogP contribution in [0.15, 0.2) is 48.8 Å². The van der Waals surface area contributed by atoms with E-state index >= 15 is 0 Å². The molecule has 1 aromatic heterocycles. The molecule has 0 aliphatic rings. The van der Waals surface area contributed by atoms with Crippen molar-refractivity contribution < 1.29 is 0 Å². The molecule has 0 aliphatic heterocycles. The van der Waals surface area contributed by atoms with Crippen molar-refractivity contribution in [3.63, 3.8) is 0 Å². The zero-order valence-electron chi connectivity index (χ0n) is 9.43. The average Bonchev–Trinajstić information content (AvgIpc) is 2.30. The van der Waals surface area contributed by atoms with E-state index in [9.17, 15) is 0 Å². The predicted molar refractivity (Wildman–Crippen MR) is 67.0 cm³/mol. The van der Waals surface area contributed by atoms with E-state index in [-0.39, 0.29) is 6.04 Å². The van der Waals surface area contributed by atoms with Crippen molar-refractivity contribution in [1.29, 1.82) is 0 Å². The van der Waals surface area contributed by atoms with Crippen molar-refractivity contribution >= 4 is 0 Å². The van der Waals surface area contributed by atoms with Crippen LogP contribution in [0.1, 0.15) is 12.5 Å². The first-order valence-electron chi connectivity index (χ1n) is 5.50. The van der Waals surface area contributed by atoms with Crippen LogP contribution in [0, 0.1) is 0 Å². The highest BCUT2D eigenvalue weighted by Crippen LogP contribution is 2.19. The molecule has 1 aromatic carbocycles. The molecule has 0 aliphatic carbocycles. The fourth-order valence-corrected chi connectivity index (χ4v) is 1.79. The lowest BCUT2D eigenvalue weighted by Gasteiger charge is -2.07. The zero-order chi connectivity index (χ0) is 11.4. The number of hydrogen-bond donors (Lipinski definition) is 1. The van der Waals surface area contributed by atoms with Crippen LogP contribution in [0.25, 0.3) is 11.1 Å². The number of aromatic nitrogens is 1. The highest BCUT2D eigenvalue weighted by molar-refractivity contribution is 5.63. The lowest BCUT2D eigenvalue weighted by molar-refractivity contribution is 0.738. The summed E-state index contributed by atoms with van der Waals surface area (Å²) in [5.74, 6) is 0. The minimum Gasteiger partial charge on any atom is -0.328 e. The molecule has 1 heterocycles. The van der Waals surface area contributed by atoms with Crippen LogP contribution in [-0.4, -0.2) is 11.0 Å². The molecule has 0 amide bonds. The van der Waals surface area contributed by atoms with E-state index in [0.29, 0.717) is 0 Å². The Morgan fingerprint density at radius 3 is 2.56 bits per heavy atom. The van der Waals surface area contributed by atoms with E-state index < -0.39 is 0 Å². The van der Waals surface area contributed by atoms with Gasteiger partial charge in [-0.2, -0.15) is 0 Å². The molecule has 2 heteroatoms. The fraction of sp³-hybridized carbons (Fsp3) is 0.214. The van der Waals surface area contributed by atoms with Gasteiger partial charge in [0.25, 0.3) is 0 Å². The highest BCUT2D eigenvalue weighted by atomic mass is 14.6. The van der Waals surface area contributed by atoms with Crippen molar-refractivity contribution in [2.75, 3.05) is 0 Å². The molecular weight excluding hydrogens is 196 g/mol. The topological polar surface area (TPSA) is 38.9 Å². The van der Waals surface area contributed by atoms with Gasteiger partial charge in [0, 0.05) is 18.4 Å². The molecule has 1 unspecified atom stereocenters. The largest absolute Gasteiger partial charge is 0.328 e. The molecule has 16 heavy (non-hydrogen) atoms. The Labute approximate surface area is 96.1 Å². The third kappa shape index (κ3) is 2.67. The third-order valence-corrected chi connectivity index (χ3v) is 2.50. The first-order chi connectivity index (χ1) is 7.75. The van der Waals surface area contributed by atoms with Crippen molar-refractivity contribution in [2.45, 2.75) is 19.4 Å². The molecule has 2 rings (SSSR count). The average molecular weight is 212 g/mol. The van der Waals surface area contributed by atoms with Gasteiger partial charge in [-0.25, -0.2) is 0 Å². The molecule has 2 aromatic rings. The van der Waals surface area contributed by atoms with E-state index in [1.54, 1.807) is 0 Å². The number of benzene rings is 1. The number of rotatable bonds is 3. The van der Waals surface area contributed by atoms with E-state index in [1.807, 2.05) is 31.5 Å². The molecule has 0 spiro atoms. The summed E-state index contributed by atoms with van der Waals surface area (Å²) < 4.78 is 0. The molecular formula is C14H16N2. The summed E-state index contributed by atoms with van der Waals surface area (Å²) >= 11 is 0. The maximum Gasteiger partial charge on any atom is 0.0273 e. The lowest BCUT2D eigenvalue weighted by Crippen LogP contribution is -2.17. The van der Waals surface area contributed by atoms with Crippen LogP contribution in [-0.2, 0) is 6.42 Å². The van der Waals surface area contributed by atoms with Crippen LogP contribution >= 0.6 is 0 Å². The van der Waals surface area contributed by atoms with Gasteiger partial charge in [-0.05, 0) is 42.2 Å². The van der Waals surface area contributed by atoms with Gasteiger partial charge in [0.15, 0.2) is 0 Å². The van der Waals surface area contributed by atoms with Crippen molar-refractivity contribution in [3.05, 3.63) is 54.4 Å². The molecule has 2 nitrogen and oxygen atoms in total. The highest BCUT2D eigenvalue weighted by Gasteiger charge is 2.01. The second kappa shape index (κ2) is 4.90. The molecule has 82 valence electrons. The van der Waals surface area contributed by atoms with Crippen LogP contribution in [0.5, 0.6) is 0 Å². The number of nitrogens with two attached hydrogens (primary N) is 1. The first-order valence-corrected chi connectivity index (χ1v) is 5.50. The summed E-state index contributed by atoms with van der Waals surface area (Å²) in [7, 11) is 0. The summed E-state index contributed by atoms with van der Waals surface area (Å²) in [6.45, 7) is 2.03. The second-order valence-electron chi connectivity index (χ2n) is 4.12. The normalized spacial score (nSPS) is 12.4. The van der Waals surface area contributed by atoms with Crippen molar-refractivity contribution in [3.8, 4) is 11.1 Å². The number of pyridine rings is 1. The van der Waals surface area contributed by atoms with E-state index in [1.165, 1.54) is 16.7 Å². The minimum atomic E-state index is 0.202. The van der Waals surface area contributed by atoms with Gasteiger partial charge < -0.3 is 5.73 Å². The Balaban J connectivity index is 2.29. The molecule has 2 N–H and O–H groups in total. The molecule has 0 saturated heterocycles. The number of hydrogen-bond acceptors (Lipinski definition) is 2. The maximum atomic E-state index is 5.80. The van der Waals surface area contributed by atoms with Gasteiger partial charge >= 0.3 is 0 Å². The van der Waals surface area contributed by atoms with Crippen molar-refractivity contribution in [2.24, 2.45) is 5.73 Å². The second-order valence-corrected chi connectivity index (χ2v) is 4.12. The van der Waals surface area contributed by atoms with Gasteiger partial charge in [0.1, 0.15) is 0 Å². The molecule has 0 radical (unpaired) electrons. The van der Waals surface area contributed by atoms with Gasteiger partial charge in [0.05, 0.1) is 0 Å². The maximum absolute atomic E-state index is 5.80. The fourth-order valence-electron chi connectivity index (χ4n) is 1.79. The molecule has 0 saturated carbocycles. The SMILES string of the molecule is CC(N)Cc1cccc(-c2ccncc2)c1. The quantitative estimate of drug-likeness (QED) is 0.849. The zero-order valence-corrected chi connectivity index (χ0v) is 9.43. The summed E-state index contributed by atoms with van der Waals surface area (Å²) in [4.78, 5) is 4.02. The van der Waals surface area contributed by atoms with Gasteiger partial charge in [-0.3, -0.25) is 4.98 Å². The minimum absolute atomic E-state index is 0.202. The van der Waals surface area contributed by atoms with Crippen molar-refractivity contribution in [1.82, 2.24) is 4.98 Å². The standard InChI is InChI=1S/C14H16N2/c1-11(15)9-12-3-2-4-14(10-12)13-5-7-16-8-6-13/h2-8,10-11H,9,15H2,1H3. The van der Waals surface area contributed by atoms with E-state index in [2.05, 4.69) is 29.2 Å². The Kier molecular flexibility index (Phi) is 3.32. The molecule has 1 atom stereocenters.